The maximum Gasteiger partial charge on any atom is 0.270 e. The highest BCUT2D eigenvalue weighted by atomic mass is 32.2. The van der Waals surface area contributed by atoms with E-state index >= 15 is 0 Å². The Labute approximate surface area is 147 Å². The van der Waals surface area contributed by atoms with Crippen molar-refractivity contribution in [1.29, 1.82) is 0 Å². The number of hydrogen-bond donors (Lipinski definition) is 1. The Morgan fingerprint density at radius 1 is 1.32 bits per heavy atom. The molecule has 2 fully saturated rings. The van der Waals surface area contributed by atoms with E-state index in [1.807, 2.05) is 4.90 Å². The van der Waals surface area contributed by atoms with E-state index in [4.69, 9.17) is 0 Å². The van der Waals surface area contributed by atoms with Gasteiger partial charge in [0.05, 0.1) is 11.5 Å². The molecule has 0 saturated carbocycles. The molecular formula is C17H23N3O4S. The van der Waals surface area contributed by atoms with Gasteiger partial charge < -0.3 is 10.2 Å². The molecule has 0 aliphatic carbocycles. The maximum atomic E-state index is 12.6. The third-order valence-corrected chi connectivity index (χ3v) is 6.52. The predicted molar refractivity (Wildman–Crippen MR) is 93.1 cm³/mol. The van der Waals surface area contributed by atoms with Crippen LogP contribution in [0.3, 0.4) is 0 Å². The molecule has 2 amide bonds. The largest absolute Gasteiger partial charge is 0.347 e. The number of likely N-dealkylation sites (tertiary alicyclic amines) is 1. The molecule has 136 valence electrons. The van der Waals surface area contributed by atoms with E-state index in [1.54, 1.807) is 6.07 Å². The van der Waals surface area contributed by atoms with Crippen molar-refractivity contribution in [2.75, 3.05) is 24.6 Å². The summed E-state index contributed by atoms with van der Waals surface area (Å²) in [7, 11) is -3.06. The number of nitrogens with one attached hydrogen (secondary N) is 1. The lowest BCUT2D eigenvalue weighted by atomic mass is 9.99. The lowest BCUT2D eigenvalue weighted by Gasteiger charge is -2.31. The van der Waals surface area contributed by atoms with Crippen molar-refractivity contribution in [2.24, 2.45) is 5.92 Å². The molecule has 1 aromatic heterocycles. The van der Waals surface area contributed by atoms with Crippen molar-refractivity contribution in [3.05, 3.63) is 29.6 Å². The first-order valence-corrected chi connectivity index (χ1v) is 10.4. The molecule has 1 aromatic rings. The van der Waals surface area contributed by atoms with Crippen molar-refractivity contribution in [2.45, 2.75) is 32.2 Å². The van der Waals surface area contributed by atoms with Crippen molar-refractivity contribution in [3.8, 4) is 0 Å². The van der Waals surface area contributed by atoms with Gasteiger partial charge in [-0.25, -0.2) is 8.42 Å². The van der Waals surface area contributed by atoms with Gasteiger partial charge >= 0.3 is 0 Å². The fraction of sp³-hybridized carbons (Fsp3) is 0.588. The second-order valence-corrected chi connectivity index (χ2v) is 9.23. The van der Waals surface area contributed by atoms with Crippen LogP contribution >= 0.6 is 0 Å². The molecule has 25 heavy (non-hydrogen) atoms. The van der Waals surface area contributed by atoms with E-state index in [0.717, 1.165) is 25.9 Å². The molecule has 3 heterocycles. The van der Waals surface area contributed by atoms with Gasteiger partial charge in [0.15, 0.2) is 9.84 Å². The maximum absolute atomic E-state index is 12.6. The molecule has 2 aliphatic rings. The SMILES string of the molecule is CC1CCCN(C(=O)c2ccnc(C(=O)NC3CCS(=O)(=O)C3)c2)C1. The Balaban J connectivity index is 1.68. The van der Waals surface area contributed by atoms with Crippen LogP contribution in [0.25, 0.3) is 0 Å². The zero-order valence-corrected chi connectivity index (χ0v) is 15.1. The number of carbonyl (C=O) groups is 2. The van der Waals surface area contributed by atoms with Gasteiger partial charge in [0, 0.05) is 30.9 Å². The highest BCUT2D eigenvalue weighted by Gasteiger charge is 2.29. The predicted octanol–water partition coefficient (Wildman–Crippen LogP) is 0.871. The molecule has 8 heteroatoms. The number of hydrogen-bond acceptors (Lipinski definition) is 5. The second-order valence-electron chi connectivity index (χ2n) is 7.00. The van der Waals surface area contributed by atoms with Crippen LogP contribution in [0.4, 0.5) is 0 Å². The lowest BCUT2D eigenvalue weighted by Crippen LogP contribution is -2.39. The summed E-state index contributed by atoms with van der Waals surface area (Å²) in [6, 6.07) is 2.71. The minimum atomic E-state index is -3.06. The number of piperidine rings is 1. The van der Waals surface area contributed by atoms with Crippen LogP contribution in [-0.2, 0) is 9.84 Å². The van der Waals surface area contributed by atoms with Crippen LogP contribution in [-0.4, -0.2) is 60.8 Å². The summed E-state index contributed by atoms with van der Waals surface area (Å²) in [6.07, 6.45) is 3.97. The fourth-order valence-electron chi connectivity index (χ4n) is 3.41. The summed E-state index contributed by atoms with van der Waals surface area (Å²) in [5.41, 5.74) is 0.577. The van der Waals surface area contributed by atoms with E-state index < -0.39 is 15.7 Å². The third-order valence-electron chi connectivity index (χ3n) is 4.75. The lowest BCUT2D eigenvalue weighted by molar-refractivity contribution is 0.0683. The highest BCUT2D eigenvalue weighted by Crippen LogP contribution is 2.18. The van der Waals surface area contributed by atoms with Crippen LogP contribution < -0.4 is 5.32 Å². The van der Waals surface area contributed by atoms with Crippen molar-refractivity contribution < 1.29 is 18.0 Å². The average molecular weight is 365 g/mol. The summed E-state index contributed by atoms with van der Waals surface area (Å²) < 4.78 is 23.0. The first-order chi connectivity index (χ1) is 11.8. The molecular weight excluding hydrogens is 342 g/mol. The van der Waals surface area contributed by atoms with Crippen molar-refractivity contribution >= 4 is 21.7 Å². The van der Waals surface area contributed by atoms with Gasteiger partial charge in [0.2, 0.25) is 0 Å². The van der Waals surface area contributed by atoms with E-state index in [-0.39, 0.29) is 29.1 Å². The van der Waals surface area contributed by atoms with Crippen LogP contribution in [0.15, 0.2) is 18.3 Å². The monoisotopic (exact) mass is 365 g/mol. The molecule has 0 radical (unpaired) electrons. The van der Waals surface area contributed by atoms with Gasteiger partial charge in [-0.15, -0.1) is 0 Å². The van der Waals surface area contributed by atoms with Gasteiger partial charge in [-0.3, -0.25) is 14.6 Å². The summed E-state index contributed by atoms with van der Waals surface area (Å²) in [4.78, 5) is 30.8. The van der Waals surface area contributed by atoms with Crippen molar-refractivity contribution in [3.63, 3.8) is 0 Å². The van der Waals surface area contributed by atoms with Gasteiger partial charge in [-0.2, -0.15) is 0 Å². The van der Waals surface area contributed by atoms with Crippen LogP contribution in [0.2, 0.25) is 0 Å². The first-order valence-electron chi connectivity index (χ1n) is 8.61. The van der Waals surface area contributed by atoms with Gasteiger partial charge in [0.25, 0.3) is 11.8 Å². The van der Waals surface area contributed by atoms with Crippen molar-refractivity contribution in [1.82, 2.24) is 15.2 Å². The molecule has 2 saturated heterocycles. The zero-order valence-electron chi connectivity index (χ0n) is 14.3. The molecule has 7 nitrogen and oxygen atoms in total. The van der Waals surface area contributed by atoms with E-state index in [1.165, 1.54) is 12.3 Å². The Kier molecular flexibility index (Phi) is 5.08. The van der Waals surface area contributed by atoms with E-state index in [9.17, 15) is 18.0 Å². The Morgan fingerprint density at radius 2 is 2.12 bits per heavy atom. The number of rotatable bonds is 3. The minimum Gasteiger partial charge on any atom is -0.347 e. The van der Waals surface area contributed by atoms with Crippen LogP contribution in [0.1, 0.15) is 47.0 Å². The second kappa shape index (κ2) is 7.11. The Bertz CT molecular complexity index is 778. The molecule has 1 N–H and O–H groups in total. The first kappa shape index (κ1) is 17.8. The third kappa shape index (κ3) is 4.36. The topological polar surface area (TPSA) is 96.4 Å². The Morgan fingerprint density at radius 3 is 2.80 bits per heavy atom. The average Bonchev–Trinajstić information content (AvgIpc) is 2.93. The smallest absolute Gasteiger partial charge is 0.270 e. The summed E-state index contributed by atoms with van der Waals surface area (Å²) in [5.74, 6) is 0.00176. The molecule has 2 aliphatic heterocycles. The number of aromatic nitrogens is 1. The Hall–Kier alpha value is -1.96. The molecule has 0 bridgehead atoms. The molecule has 2 unspecified atom stereocenters. The number of pyridine rings is 1. The fourth-order valence-corrected chi connectivity index (χ4v) is 5.09. The van der Waals surface area contributed by atoms with E-state index in [0.29, 0.717) is 17.9 Å². The highest BCUT2D eigenvalue weighted by molar-refractivity contribution is 7.91. The molecule has 2 atom stereocenters. The normalized spacial score (nSPS) is 25.6. The van der Waals surface area contributed by atoms with Gasteiger partial charge in [-0.1, -0.05) is 6.92 Å². The minimum absolute atomic E-state index is 0.0387. The summed E-state index contributed by atoms with van der Waals surface area (Å²) in [6.45, 7) is 3.58. The number of amides is 2. The van der Waals surface area contributed by atoms with Crippen LogP contribution in [0, 0.1) is 5.92 Å². The summed E-state index contributed by atoms with van der Waals surface area (Å²) >= 11 is 0. The number of carbonyl (C=O) groups excluding carboxylic acids is 2. The number of sulfone groups is 1. The quantitative estimate of drug-likeness (QED) is 0.857. The van der Waals surface area contributed by atoms with Crippen LogP contribution in [0.5, 0.6) is 0 Å². The molecule has 0 spiro atoms. The molecule has 0 aromatic carbocycles. The van der Waals surface area contributed by atoms with Gasteiger partial charge in [-0.05, 0) is 37.3 Å². The standard InChI is InChI=1S/C17H23N3O4S/c1-12-3-2-7-20(10-12)17(22)13-4-6-18-15(9-13)16(21)19-14-5-8-25(23,24)11-14/h4,6,9,12,14H,2-3,5,7-8,10-11H2,1H3,(H,19,21). The zero-order chi connectivity index (χ0) is 18.0. The molecule has 3 rings (SSSR count). The van der Waals surface area contributed by atoms with E-state index in [2.05, 4.69) is 17.2 Å². The van der Waals surface area contributed by atoms with Gasteiger partial charge in [0.1, 0.15) is 5.69 Å². The number of nitrogens with zero attached hydrogens (tertiary/aromatic N) is 2. The summed E-state index contributed by atoms with van der Waals surface area (Å²) in [5, 5.41) is 2.70.